The smallest absolute Gasteiger partial charge is 0.245 e. The topological polar surface area (TPSA) is 54.5 Å². The van der Waals surface area contributed by atoms with Gasteiger partial charge in [-0.05, 0) is 51.2 Å². The molecule has 0 aromatic heterocycles. The summed E-state index contributed by atoms with van der Waals surface area (Å²) in [4.78, 5) is 14.5. The molecule has 1 aromatic carbocycles. The number of rotatable bonds is 4. The van der Waals surface area contributed by atoms with Gasteiger partial charge in [-0.3, -0.25) is 4.79 Å². The summed E-state index contributed by atoms with van der Waals surface area (Å²) in [5, 5.41) is -1.54. The van der Waals surface area contributed by atoms with Gasteiger partial charge < -0.3 is 4.90 Å². The van der Waals surface area contributed by atoms with Gasteiger partial charge in [-0.1, -0.05) is 25.1 Å². The van der Waals surface area contributed by atoms with Crippen LogP contribution in [0.2, 0.25) is 0 Å². The summed E-state index contributed by atoms with van der Waals surface area (Å²) in [5.41, 5.74) is 3.19. The molecule has 22 heavy (non-hydrogen) atoms. The van der Waals surface area contributed by atoms with Gasteiger partial charge in [0, 0.05) is 6.54 Å². The predicted octanol–water partition coefficient (Wildman–Crippen LogP) is 2.74. The third-order valence-electron chi connectivity index (χ3n) is 4.45. The Hall–Kier alpha value is -1.36. The number of sulfone groups is 1. The van der Waals surface area contributed by atoms with Crippen LogP contribution in [0.3, 0.4) is 0 Å². The van der Waals surface area contributed by atoms with E-state index in [1.807, 2.05) is 18.2 Å². The summed E-state index contributed by atoms with van der Waals surface area (Å²) in [6.07, 6.45) is 2.65. The first-order chi connectivity index (χ1) is 10.3. The second-order valence-corrected chi connectivity index (χ2v) is 8.98. The molecule has 1 aliphatic rings. The zero-order valence-corrected chi connectivity index (χ0v) is 14.6. The molecule has 0 fully saturated rings. The van der Waals surface area contributed by atoms with Crippen molar-refractivity contribution in [3.05, 3.63) is 29.3 Å². The first kappa shape index (κ1) is 17.0. The molecular formula is C17H25NO3S. The Morgan fingerprint density at radius 3 is 2.55 bits per heavy atom. The van der Waals surface area contributed by atoms with E-state index in [4.69, 9.17) is 0 Å². The first-order valence-electron chi connectivity index (χ1n) is 7.95. The average Bonchev–Trinajstić information content (AvgIpc) is 2.51. The van der Waals surface area contributed by atoms with Gasteiger partial charge in [0.05, 0.1) is 10.9 Å². The van der Waals surface area contributed by atoms with Gasteiger partial charge in [0.2, 0.25) is 5.91 Å². The molecule has 0 N–H and O–H groups in total. The van der Waals surface area contributed by atoms with E-state index >= 15 is 0 Å². The van der Waals surface area contributed by atoms with E-state index in [0.717, 1.165) is 36.1 Å². The highest BCUT2D eigenvalue weighted by molar-refractivity contribution is 7.93. The minimum Gasteiger partial charge on any atom is -0.311 e. The molecule has 1 aromatic rings. The molecule has 2 rings (SSSR count). The SMILES string of the molecule is CCc1cccc2c1N(C(=O)[C@H](C)S(=O)(=O)C(C)C)CCC2. The number of hydrogen-bond donors (Lipinski definition) is 0. The lowest BCUT2D eigenvalue weighted by Crippen LogP contribution is -2.46. The van der Waals surface area contributed by atoms with Crippen molar-refractivity contribution in [1.29, 1.82) is 0 Å². The molecule has 0 radical (unpaired) electrons. The Morgan fingerprint density at radius 1 is 1.27 bits per heavy atom. The Bertz CT molecular complexity index is 650. The average molecular weight is 323 g/mol. The monoisotopic (exact) mass is 323 g/mol. The fourth-order valence-corrected chi connectivity index (χ4v) is 4.23. The van der Waals surface area contributed by atoms with Crippen LogP contribution in [0, 0.1) is 0 Å². The molecule has 0 saturated heterocycles. The lowest BCUT2D eigenvalue weighted by molar-refractivity contribution is -0.118. The zero-order chi connectivity index (χ0) is 16.5. The summed E-state index contributed by atoms with van der Waals surface area (Å²) < 4.78 is 24.7. The number of nitrogens with zero attached hydrogens (tertiary/aromatic N) is 1. The van der Waals surface area contributed by atoms with Crippen LogP contribution in [0.1, 0.15) is 45.2 Å². The third kappa shape index (κ3) is 2.91. The van der Waals surface area contributed by atoms with Crippen molar-refractivity contribution >= 4 is 21.4 Å². The van der Waals surface area contributed by atoms with Crippen LogP contribution < -0.4 is 4.90 Å². The summed E-state index contributed by atoms with van der Waals surface area (Å²) >= 11 is 0. The van der Waals surface area contributed by atoms with Crippen LogP contribution in [0.5, 0.6) is 0 Å². The van der Waals surface area contributed by atoms with E-state index in [0.29, 0.717) is 6.54 Å². The van der Waals surface area contributed by atoms with Gasteiger partial charge in [-0.15, -0.1) is 0 Å². The Labute approximate surface area is 133 Å². The number of fused-ring (bicyclic) bond motifs is 1. The lowest BCUT2D eigenvalue weighted by atomic mass is 9.96. The van der Waals surface area contributed by atoms with Gasteiger partial charge in [0.15, 0.2) is 9.84 Å². The van der Waals surface area contributed by atoms with Crippen LogP contribution in [-0.4, -0.2) is 31.4 Å². The normalized spacial score (nSPS) is 16.5. The van der Waals surface area contributed by atoms with E-state index in [9.17, 15) is 13.2 Å². The number of carbonyl (C=O) groups is 1. The molecule has 0 aliphatic carbocycles. The van der Waals surface area contributed by atoms with Crippen LogP contribution in [0.15, 0.2) is 18.2 Å². The molecule has 1 atom stereocenters. The van der Waals surface area contributed by atoms with E-state index in [2.05, 4.69) is 6.92 Å². The molecule has 1 amide bonds. The maximum Gasteiger partial charge on any atom is 0.245 e. The highest BCUT2D eigenvalue weighted by atomic mass is 32.2. The van der Waals surface area contributed by atoms with E-state index in [1.165, 1.54) is 6.92 Å². The first-order valence-corrected chi connectivity index (χ1v) is 9.56. The van der Waals surface area contributed by atoms with Gasteiger partial charge >= 0.3 is 0 Å². The zero-order valence-electron chi connectivity index (χ0n) is 13.8. The fourth-order valence-electron chi connectivity index (χ4n) is 3.01. The summed E-state index contributed by atoms with van der Waals surface area (Å²) in [6, 6.07) is 6.07. The molecule has 0 bridgehead atoms. The number of para-hydroxylation sites is 1. The molecule has 0 unspecified atom stereocenters. The maximum absolute atomic E-state index is 12.8. The number of anilines is 1. The Kier molecular flexibility index (Phi) is 4.95. The summed E-state index contributed by atoms with van der Waals surface area (Å²) in [6.45, 7) is 7.42. The van der Waals surface area contributed by atoms with Crippen LogP contribution in [-0.2, 0) is 27.5 Å². The van der Waals surface area contributed by atoms with Crippen molar-refractivity contribution in [2.75, 3.05) is 11.4 Å². The van der Waals surface area contributed by atoms with Gasteiger partial charge in [0.1, 0.15) is 5.25 Å². The quantitative estimate of drug-likeness (QED) is 0.856. The maximum atomic E-state index is 12.8. The van der Waals surface area contributed by atoms with Crippen molar-refractivity contribution in [2.24, 2.45) is 0 Å². The molecule has 0 spiro atoms. The lowest BCUT2D eigenvalue weighted by Gasteiger charge is -2.33. The minimum atomic E-state index is -3.44. The molecule has 1 heterocycles. The second kappa shape index (κ2) is 6.41. The standard InChI is InChI=1S/C17H25NO3S/c1-5-14-8-6-9-15-10-7-11-18(16(14)15)17(19)13(4)22(20,21)12(2)3/h6,8-9,12-13H,5,7,10-11H2,1-4H3/t13-/m0/s1. The van der Waals surface area contributed by atoms with Crippen molar-refractivity contribution in [3.8, 4) is 0 Å². The highest BCUT2D eigenvalue weighted by Crippen LogP contribution is 2.32. The summed E-state index contributed by atoms with van der Waals surface area (Å²) in [5.74, 6) is -0.296. The third-order valence-corrected chi connectivity index (χ3v) is 6.95. The Morgan fingerprint density at radius 2 is 1.95 bits per heavy atom. The fraction of sp³-hybridized carbons (Fsp3) is 0.588. The predicted molar refractivity (Wildman–Crippen MR) is 90.0 cm³/mol. The largest absolute Gasteiger partial charge is 0.311 e. The number of aryl methyl sites for hydroxylation is 2. The molecule has 122 valence electrons. The number of benzene rings is 1. The van der Waals surface area contributed by atoms with Crippen LogP contribution >= 0.6 is 0 Å². The molecule has 1 aliphatic heterocycles. The van der Waals surface area contributed by atoms with Gasteiger partial charge in [0.25, 0.3) is 0 Å². The number of carbonyl (C=O) groups excluding carboxylic acids is 1. The van der Waals surface area contributed by atoms with Crippen molar-refractivity contribution < 1.29 is 13.2 Å². The van der Waals surface area contributed by atoms with E-state index < -0.39 is 20.3 Å². The summed E-state index contributed by atoms with van der Waals surface area (Å²) in [7, 11) is -3.44. The number of hydrogen-bond acceptors (Lipinski definition) is 3. The van der Waals surface area contributed by atoms with Gasteiger partial charge in [-0.25, -0.2) is 8.42 Å². The van der Waals surface area contributed by atoms with Crippen LogP contribution in [0.25, 0.3) is 0 Å². The molecule has 4 nitrogen and oxygen atoms in total. The molecular weight excluding hydrogens is 298 g/mol. The highest BCUT2D eigenvalue weighted by Gasteiger charge is 2.36. The van der Waals surface area contributed by atoms with Gasteiger partial charge in [-0.2, -0.15) is 0 Å². The van der Waals surface area contributed by atoms with Crippen LogP contribution in [0.4, 0.5) is 5.69 Å². The molecule has 5 heteroatoms. The van der Waals surface area contributed by atoms with Crippen molar-refractivity contribution in [2.45, 2.75) is 57.5 Å². The van der Waals surface area contributed by atoms with Crippen molar-refractivity contribution in [3.63, 3.8) is 0 Å². The van der Waals surface area contributed by atoms with E-state index in [-0.39, 0.29) is 5.91 Å². The minimum absolute atomic E-state index is 0.296. The second-order valence-electron chi connectivity index (χ2n) is 6.15. The molecule has 0 saturated carbocycles. The van der Waals surface area contributed by atoms with E-state index in [1.54, 1.807) is 18.7 Å². The number of amides is 1. The van der Waals surface area contributed by atoms with Crippen molar-refractivity contribution in [1.82, 2.24) is 0 Å². The Balaban J connectivity index is 2.42.